The molecule has 2 aromatic rings. The molecule has 0 aliphatic carbocycles. The van der Waals surface area contributed by atoms with Crippen molar-refractivity contribution in [2.45, 2.75) is 13.5 Å². The number of thiazole rings is 1. The van der Waals surface area contributed by atoms with Crippen LogP contribution in [0.1, 0.15) is 10.0 Å². The van der Waals surface area contributed by atoms with E-state index in [0.717, 1.165) is 19.9 Å². The van der Waals surface area contributed by atoms with E-state index in [1.807, 2.05) is 13.1 Å². The van der Waals surface area contributed by atoms with E-state index in [2.05, 4.69) is 15.2 Å². The Morgan fingerprint density at radius 2 is 2.23 bits per heavy atom. The van der Waals surface area contributed by atoms with E-state index in [-0.39, 0.29) is 0 Å². The standard InChI is InChI=1S/C7H8N4S2/c1-4-9-3-5(12-4)7-11-10-6(2-8)13-7/h3H,2,8H2,1H3. The number of nitrogens with two attached hydrogens (primary N) is 1. The largest absolute Gasteiger partial charge is 0.324 e. The quantitative estimate of drug-likeness (QED) is 0.817. The number of hydrogen-bond acceptors (Lipinski definition) is 6. The molecular weight excluding hydrogens is 204 g/mol. The molecule has 0 aromatic carbocycles. The van der Waals surface area contributed by atoms with Crippen LogP contribution >= 0.6 is 22.7 Å². The van der Waals surface area contributed by atoms with Crippen LogP contribution in [0.25, 0.3) is 9.88 Å². The monoisotopic (exact) mass is 212 g/mol. The summed E-state index contributed by atoms with van der Waals surface area (Å²) in [6.07, 6.45) is 1.82. The van der Waals surface area contributed by atoms with Crippen LogP contribution in [0.3, 0.4) is 0 Å². The predicted molar refractivity (Wildman–Crippen MR) is 53.6 cm³/mol. The lowest BCUT2D eigenvalue weighted by molar-refractivity contribution is 0.961. The van der Waals surface area contributed by atoms with Crippen molar-refractivity contribution in [3.63, 3.8) is 0 Å². The van der Waals surface area contributed by atoms with Gasteiger partial charge in [-0.1, -0.05) is 11.3 Å². The van der Waals surface area contributed by atoms with Gasteiger partial charge in [-0.3, -0.25) is 0 Å². The molecule has 2 rings (SSSR count). The molecule has 4 nitrogen and oxygen atoms in total. The molecule has 2 N–H and O–H groups in total. The highest BCUT2D eigenvalue weighted by Crippen LogP contribution is 2.27. The van der Waals surface area contributed by atoms with E-state index in [9.17, 15) is 0 Å². The van der Waals surface area contributed by atoms with Crippen LogP contribution in [0.4, 0.5) is 0 Å². The van der Waals surface area contributed by atoms with Gasteiger partial charge in [0.2, 0.25) is 0 Å². The van der Waals surface area contributed by atoms with Crippen LogP contribution < -0.4 is 5.73 Å². The van der Waals surface area contributed by atoms with Crippen molar-refractivity contribution in [3.05, 3.63) is 16.2 Å². The van der Waals surface area contributed by atoms with Crippen molar-refractivity contribution < 1.29 is 0 Å². The first-order chi connectivity index (χ1) is 6.29. The van der Waals surface area contributed by atoms with Gasteiger partial charge in [0.1, 0.15) is 5.01 Å². The number of rotatable bonds is 2. The first-order valence-electron chi connectivity index (χ1n) is 3.75. The fourth-order valence-corrected chi connectivity index (χ4v) is 2.43. The van der Waals surface area contributed by atoms with Crippen LogP contribution in [0.15, 0.2) is 6.20 Å². The third-order valence-electron chi connectivity index (χ3n) is 1.47. The highest BCUT2D eigenvalue weighted by molar-refractivity contribution is 7.21. The average molecular weight is 212 g/mol. The summed E-state index contributed by atoms with van der Waals surface area (Å²) in [6.45, 7) is 2.43. The fourth-order valence-electron chi connectivity index (χ4n) is 0.896. The molecular formula is C7H8N4S2. The van der Waals surface area contributed by atoms with Crippen LogP contribution in [-0.2, 0) is 6.54 Å². The van der Waals surface area contributed by atoms with Gasteiger partial charge in [0.25, 0.3) is 0 Å². The van der Waals surface area contributed by atoms with E-state index >= 15 is 0 Å². The first kappa shape index (κ1) is 8.74. The van der Waals surface area contributed by atoms with Crippen LogP contribution in [0.2, 0.25) is 0 Å². The fraction of sp³-hybridized carbons (Fsp3) is 0.286. The molecule has 0 saturated carbocycles. The second-order valence-electron chi connectivity index (χ2n) is 2.45. The van der Waals surface area contributed by atoms with Crippen molar-refractivity contribution in [3.8, 4) is 9.88 Å². The van der Waals surface area contributed by atoms with E-state index in [1.54, 1.807) is 11.3 Å². The van der Waals surface area contributed by atoms with E-state index < -0.39 is 0 Å². The van der Waals surface area contributed by atoms with Crippen molar-refractivity contribution in [2.24, 2.45) is 5.73 Å². The van der Waals surface area contributed by atoms with Crippen molar-refractivity contribution in [2.75, 3.05) is 0 Å². The summed E-state index contributed by atoms with van der Waals surface area (Å²) < 4.78 is 0. The molecule has 0 bridgehead atoms. The lowest BCUT2D eigenvalue weighted by Crippen LogP contribution is -1.94. The molecule has 0 radical (unpaired) electrons. The first-order valence-corrected chi connectivity index (χ1v) is 5.38. The zero-order valence-electron chi connectivity index (χ0n) is 7.02. The Kier molecular flexibility index (Phi) is 2.34. The summed E-state index contributed by atoms with van der Waals surface area (Å²) in [4.78, 5) is 5.22. The minimum Gasteiger partial charge on any atom is -0.324 e. The Hall–Kier alpha value is -0.850. The van der Waals surface area contributed by atoms with Gasteiger partial charge >= 0.3 is 0 Å². The topological polar surface area (TPSA) is 64.7 Å². The Bertz CT molecular complexity index is 406. The molecule has 68 valence electrons. The molecule has 0 unspecified atom stereocenters. The number of nitrogens with zero attached hydrogens (tertiary/aromatic N) is 3. The normalized spacial score (nSPS) is 10.6. The predicted octanol–water partition coefficient (Wildman–Crippen LogP) is 1.43. The average Bonchev–Trinajstić information content (AvgIpc) is 2.71. The van der Waals surface area contributed by atoms with Gasteiger partial charge in [0, 0.05) is 12.7 Å². The zero-order valence-corrected chi connectivity index (χ0v) is 8.65. The van der Waals surface area contributed by atoms with Gasteiger partial charge in [-0.05, 0) is 6.92 Å². The number of aromatic nitrogens is 3. The Morgan fingerprint density at radius 1 is 1.38 bits per heavy atom. The molecule has 0 aliphatic rings. The van der Waals surface area contributed by atoms with Crippen LogP contribution in [0, 0.1) is 6.92 Å². The maximum absolute atomic E-state index is 5.44. The molecule has 0 amide bonds. The lowest BCUT2D eigenvalue weighted by atomic mass is 10.6. The van der Waals surface area contributed by atoms with Gasteiger partial charge in [0.05, 0.1) is 9.88 Å². The molecule has 0 atom stereocenters. The van der Waals surface area contributed by atoms with Gasteiger partial charge < -0.3 is 5.73 Å². The Morgan fingerprint density at radius 3 is 2.77 bits per heavy atom. The second kappa shape index (κ2) is 3.49. The molecule has 0 spiro atoms. The Labute approximate surface area is 83.5 Å². The maximum Gasteiger partial charge on any atom is 0.159 e. The van der Waals surface area contributed by atoms with Gasteiger partial charge in [0.15, 0.2) is 5.01 Å². The van der Waals surface area contributed by atoms with Crippen LogP contribution in [-0.4, -0.2) is 15.2 Å². The van der Waals surface area contributed by atoms with Gasteiger partial charge in [-0.25, -0.2) is 4.98 Å². The molecule has 0 aliphatic heterocycles. The minimum atomic E-state index is 0.454. The third-order valence-corrected chi connectivity index (χ3v) is 3.50. The lowest BCUT2D eigenvalue weighted by Gasteiger charge is -1.82. The highest BCUT2D eigenvalue weighted by atomic mass is 32.1. The van der Waals surface area contributed by atoms with Crippen LogP contribution in [0.5, 0.6) is 0 Å². The summed E-state index contributed by atoms with van der Waals surface area (Å²) in [5, 5.41) is 10.8. The van der Waals surface area contributed by atoms with Crippen molar-refractivity contribution in [1.82, 2.24) is 15.2 Å². The van der Waals surface area contributed by atoms with E-state index in [0.29, 0.717) is 6.54 Å². The van der Waals surface area contributed by atoms with Crippen molar-refractivity contribution in [1.29, 1.82) is 0 Å². The molecule has 0 saturated heterocycles. The van der Waals surface area contributed by atoms with Gasteiger partial charge in [-0.15, -0.1) is 21.5 Å². The molecule has 2 heterocycles. The SMILES string of the molecule is Cc1ncc(-c2nnc(CN)s2)s1. The summed E-state index contributed by atoms with van der Waals surface area (Å²) >= 11 is 3.14. The summed E-state index contributed by atoms with van der Waals surface area (Å²) in [7, 11) is 0. The summed E-state index contributed by atoms with van der Waals surface area (Å²) in [6, 6.07) is 0. The Balaban J connectivity index is 2.35. The van der Waals surface area contributed by atoms with E-state index in [4.69, 9.17) is 5.73 Å². The minimum absolute atomic E-state index is 0.454. The van der Waals surface area contributed by atoms with Gasteiger partial charge in [-0.2, -0.15) is 0 Å². The molecule has 2 aromatic heterocycles. The zero-order chi connectivity index (χ0) is 9.26. The number of aryl methyl sites for hydroxylation is 1. The third kappa shape index (κ3) is 1.74. The molecule has 13 heavy (non-hydrogen) atoms. The highest BCUT2D eigenvalue weighted by Gasteiger charge is 2.07. The number of hydrogen-bond donors (Lipinski definition) is 1. The smallest absolute Gasteiger partial charge is 0.159 e. The second-order valence-corrected chi connectivity index (χ2v) is 4.75. The van der Waals surface area contributed by atoms with Crippen molar-refractivity contribution >= 4 is 22.7 Å². The van der Waals surface area contributed by atoms with E-state index in [1.165, 1.54) is 11.3 Å². The summed E-state index contributed by atoms with van der Waals surface area (Å²) in [5.41, 5.74) is 5.44. The molecule has 6 heteroatoms. The molecule has 0 fully saturated rings. The summed E-state index contributed by atoms with van der Waals surface area (Å²) in [5.74, 6) is 0. The maximum atomic E-state index is 5.44.